The average molecular weight is 253 g/mol. The number of hydrogen-bond acceptors (Lipinski definition) is 3. The summed E-state index contributed by atoms with van der Waals surface area (Å²) in [6.45, 7) is 11.9. The van der Waals surface area contributed by atoms with E-state index in [1.165, 1.54) is 5.69 Å². The predicted octanol–water partition coefficient (Wildman–Crippen LogP) is 2.96. The second-order valence-electron chi connectivity index (χ2n) is 5.44. The summed E-state index contributed by atoms with van der Waals surface area (Å²) in [6, 6.07) is 0.901. The van der Waals surface area contributed by atoms with Gasteiger partial charge in [0.25, 0.3) is 0 Å². The summed E-state index contributed by atoms with van der Waals surface area (Å²) in [4.78, 5) is 0. The molecule has 0 aliphatic carbocycles. The van der Waals surface area contributed by atoms with Crippen molar-refractivity contribution in [2.45, 2.75) is 59.0 Å². The molecule has 0 aromatic carbocycles. The highest BCUT2D eigenvalue weighted by Gasteiger charge is 2.19. The van der Waals surface area contributed by atoms with Crippen LogP contribution in [-0.4, -0.2) is 29.5 Å². The van der Waals surface area contributed by atoms with Gasteiger partial charge >= 0.3 is 0 Å². The fourth-order valence-corrected chi connectivity index (χ4v) is 2.12. The first-order valence-electron chi connectivity index (χ1n) is 6.82. The second kappa shape index (κ2) is 6.78. The molecule has 0 fully saturated rings. The van der Waals surface area contributed by atoms with Gasteiger partial charge in [-0.3, -0.25) is 4.68 Å². The van der Waals surface area contributed by atoms with E-state index in [-0.39, 0.29) is 0 Å². The summed E-state index contributed by atoms with van der Waals surface area (Å²) in [5, 5.41) is 7.88. The summed E-state index contributed by atoms with van der Waals surface area (Å²) in [6.07, 6.45) is 2.91. The lowest BCUT2D eigenvalue weighted by molar-refractivity contribution is 0.394. The average Bonchev–Trinajstić information content (AvgIpc) is 2.71. The first-order valence-corrected chi connectivity index (χ1v) is 6.82. The quantitative estimate of drug-likeness (QED) is 0.812. The largest absolute Gasteiger partial charge is 0.493 e. The Morgan fingerprint density at radius 2 is 1.94 bits per heavy atom. The van der Waals surface area contributed by atoms with Crippen molar-refractivity contribution >= 4 is 0 Å². The van der Waals surface area contributed by atoms with E-state index in [0.717, 1.165) is 18.7 Å². The van der Waals surface area contributed by atoms with E-state index in [9.17, 15) is 0 Å². The van der Waals surface area contributed by atoms with Gasteiger partial charge in [-0.1, -0.05) is 20.8 Å². The van der Waals surface area contributed by atoms with Crippen LogP contribution in [0.5, 0.6) is 5.75 Å². The van der Waals surface area contributed by atoms with Crippen LogP contribution in [0.4, 0.5) is 0 Å². The number of ether oxygens (including phenoxy) is 1. The van der Waals surface area contributed by atoms with Crippen molar-refractivity contribution in [3.63, 3.8) is 0 Å². The molecule has 0 aliphatic rings. The van der Waals surface area contributed by atoms with Crippen molar-refractivity contribution in [2.24, 2.45) is 0 Å². The van der Waals surface area contributed by atoms with Crippen molar-refractivity contribution < 1.29 is 4.74 Å². The van der Waals surface area contributed by atoms with Gasteiger partial charge in [-0.25, -0.2) is 0 Å². The van der Waals surface area contributed by atoms with Gasteiger partial charge in [0, 0.05) is 18.0 Å². The Kier molecular flexibility index (Phi) is 5.66. The number of aromatic nitrogens is 2. The zero-order chi connectivity index (χ0) is 13.7. The molecular formula is C14H27N3O. The summed E-state index contributed by atoms with van der Waals surface area (Å²) in [5.41, 5.74) is 1.21. The molecule has 0 bridgehead atoms. The Labute approximate surface area is 111 Å². The fourth-order valence-electron chi connectivity index (χ4n) is 2.12. The lowest BCUT2D eigenvalue weighted by Crippen LogP contribution is -2.25. The maximum atomic E-state index is 5.42. The van der Waals surface area contributed by atoms with E-state index in [1.54, 1.807) is 7.11 Å². The molecule has 0 spiro atoms. The molecule has 0 saturated heterocycles. The Morgan fingerprint density at radius 1 is 1.28 bits per heavy atom. The molecule has 1 N–H and O–H groups in total. The maximum Gasteiger partial charge on any atom is 0.160 e. The van der Waals surface area contributed by atoms with Gasteiger partial charge in [0.1, 0.15) is 0 Å². The number of nitrogens with zero attached hydrogens (tertiary/aromatic N) is 2. The molecule has 1 aromatic heterocycles. The van der Waals surface area contributed by atoms with Gasteiger partial charge in [-0.2, -0.15) is 5.10 Å². The number of rotatable bonds is 7. The van der Waals surface area contributed by atoms with Crippen LogP contribution in [0.1, 0.15) is 58.7 Å². The molecule has 1 atom stereocenters. The van der Waals surface area contributed by atoms with Crippen molar-refractivity contribution in [1.82, 2.24) is 15.1 Å². The van der Waals surface area contributed by atoms with Gasteiger partial charge < -0.3 is 10.1 Å². The number of hydrogen-bond donors (Lipinski definition) is 1. The van der Waals surface area contributed by atoms with Crippen LogP contribution < -0.4 is 10.1 Å². The van der Waals surface area contributed by atoms with Gasteiger partial charge in [0.2, 0.25) is 0 Å². The molecule has 1 aromatic rings. The van der Waals surface area contributed by atoms with E-state index in [1.807, 2.05) is 6.20 Å². The third-order valence-corrected chi connectivity index (χ3v) is 3.10. The van der Waals surface area contributed by atoms with Gasteiger partial charge in [-0.15, -0.1) is 0 Å². The van der Waals surface area contributed by atoms with E-state index in [0.29, 0.717) is 18.0 Å². The fraction of sp³-hybridized carbons (Fsp3) is 0.786. The minimum absolute atomic E-state index is 0.365. The molecule has 4 heteroatoms. The van der Waals surface area contributed by atoms with Crippen LogP contribution in [0.2, 0.25) is 0 Å². The zero-order valence-electron chi connectivity index (χ0n) is 12.5. The lowest BCUT2D eigenvalue weighted by Gasteiger charge is -2.18. The van der Waals surface area contributed by atoms with Crippen molar-refractivity contribution in [3.8, 4) is 5.75 Å². The molecule has 4 nitrogen and oxygen atoms in total. The monoisotopic (exact) mass is 253 g/mol. The molecule has 1 heterocycles. The number of nitrogens with one attached hydrogen (secondary N) is 1. The van der Waals surface area contributed by atoms with Gasteiger partial charge in [-0.05, 0) is 26.8 Å². The highest BCUT2D eigenvalue weighted by molar-refractivity contribution is 5.28. The molecule has 0 saturated carbocycles. The molecule has 18 heavy (non-hydrogen) atoms. The Morgan fingerprint density at radius 3 is 2.44 bits per heavy atom. The van der Waals surface area contributed by atoms with Gasteiger partial charge in [0.05, 0.1) is 19.0 Å². The van der Waals surface area contributed by atoms with Gasteiger partial charge in [0.15, 0.2) is 5.75 Å². The minimum atomic E-state index is 0.365. The molecule has 0 aliphatic heterocycles. The maximum absolute atomic E-state index is 5.42. The van der Waals surface area contributed by atoms with E-state index in [2.05, 4.69) is 49.7 Å². The van der Waals surface area contributed by atoms with Crippen molar-refractivity contribution in [2.75, 3.05) is 13.7 Å². The Balaban J connectivity index is 2.76. The third-order valence-electron chi connectivity index (χ3n) is 3.10. The van der Waals surface area contributed by atoms with E-state index >= 15 is 0 Å². The highest BCUT2D eigenvalue weighted by atomic mass is 16.5. The molecule has 1 rings (SSSR count). The summed E-state index contributed by atoms with van der Waals surface area (Å²) < 4.78 is 7.49. The number of methoxy groups -OCH3 is 1. The normalized spacial score (nSPS) is 13.3. The van der Waals surface area contributed by atoms with Crippen molar-refractivity contribution in [3.05, 3.63) is 11.9 Å². The summed E-state index contributed by atoms with van der Waals surface area (Å²) >= 11 is 0. The van der Waals surface area contributed by atoms with Crippen LogP contribution in [0.15, 0.2) is 6.20 Å². The first-order chi connectivity index (χ1) is 8.47. The predicted molar refractivity (Wildman–Crippen MR) is 75.3 cm³/mol. The SMILES string of the molecule is COc1cnn(C(C)C)c1C(C)CCNC(C)C. The van der Waals surface area contributed by atoms with Crippen LogP contribution in [0.3, 0.4) is 0 Å². The topological polar surface area (TPSA) is 39.1 Å². The molecule has 1 unspecified atom stereocenters. The molecular weight excluding hydrogens is 226 g/mol. The molecule has 0 radical (unpaired) electrons. The smallest absolute Gasteiger partial charge is 0.160 e. The zero-order valence-corrected chi connectivity index (χ0v) is 12.5. The van der Waals surface area contributed by atoms with E-state index < -0.39 is 0 Å². The van der Waals surface area contributed by atoms with Crippen molar-refractivity contribution in [1.29, 1.82) is 0 Å². The summed E-state index contributed by atoms with van der Waals surface area (Å²) in [7, 11) is 1.71. The minimum Gasteiger partial charge on any atom is -0.493 e. The summed E-state index contributed by atoms with van der Waals surface area (Å²) in [5.74, 6) is 1.34. The molecule has 104 valence electrons. The lowest BCUT2D eigenvalue weighted by atomic mass is 10.0. The highest BCUT2D eigenvalue weighted by Crippen LogP contribution is 2.30. The first kappa shape index (κ1) is 15.0. The van der Waals surface area contributed by atoms with Crippen LogP contribution >= 0.6 is 0 Å². The van der Waals surface area contributed by atoms with Crippen LogP contribution in [-0.2, 0) is 0 Å². The molecule has 0 amide bonds. The third kappa shape index (κ3) is 3.73. The Bertz CT molecular complexity index is 358. The second-order valence-corrected chi connectivity index (χ2v) is 5.44. The standard InChI is InChI=1S/C14H27N3O/c1-10(2)15-8-7-12(5)14-13(18-6)9-16-17(14)11(3)4/h9-12,15H,7-8H2,1-6H3. The Hall–Kier alpha value is -1.03. The van der Waals surface area contributed by atoms with Crippen LogP contribution in [0.25, 0.3) is 0 Å². The van der Waals surface area contributed by atoms with Crippen LogP contribution in [0, 0.1) is 0 Å². The van der Waals surface area contributed by atoms with E-state index in [4.69, 9.17) is 4.74 Å².